The first-order valence-electron chi connectivity index (χ1n) is 10.4. The first kappa shape index (κ1) is 20.8. The Bertz CT molecular complexity index is 965. The van der Waals surface area contributed by atoms with E-state index in [2.05, 4.69) is 42.6 Å². The van der Waals surface area contributed by atoms with Crippen LogP contribution >= 0.6 is 22.7 Å². The summed E-state index contributed by atoms with van der Waals surface area (Å²) in [6.07, 6.45) is 2.66. The average Bonchev–Trinajstić information content (AvgIpc) is 3.51. The average molecular weight is 439 g/mol. The lowest BCUT2D eigenvalue weighted by molar-refractivity contribution is -0.126. The highest BCUT2D eigenvalue weighted by molar-refractivity contribution is 7.12. The summed E-state index contributed by atoms with van der Waals surface area (Å²) in [6, 6.07) is 16.1. The van der Waals surface area contributed by atoms with Crippen LogP contribution in [0.15, 0.2) is 59.3 Å². The Kier molecular flexibility index (Phi) is 6.65. The van der Waals surface area contributed by atoms with Gasteiger partial charge < -0.3 is 10.2 Å². The van der Waals surface area contributed by atoms with Crippen molar-refractivity contribution in [2.24, 2.45) is 5.92 Å². The minimum Gasteiger partial charge on any atom is -0.344 e. The fourth-order valence-corrected chi connectivity index (χ4v) is 5.41. The van der Waals surface area contributed by atoms with Gasteiger partial charge in [0.05, 0.1) is 16.8 Å². The maximum absolute atomic E-state index is 13.2. The molecule has 1 aliphatic rings. The van der Waals surface area contributed by atoms with Crippen molar-refractivity contribution in [1.29, 1.82) is 0 Å². The third kappa shape index (κ3) is 4.65. The molecular weight excluding hydrogens is 412 g/mol. The van der Waals surface area contributed by atoms with Gasteiger partial charge in [-0.3, -0.25) is 9.59 Å². The van der Waals surface area contributed by atoms with Crippen LogP contribution in [-0.4, -0.2) is 29.8 Å². The van der Waals surface area contributed by atoms with Gasteiger partial charge in [0.25, 0.3) is 5.91 Å². The molecule has 3 heterocycles. The molecule has 4 rings (SSSR count). The van der Waals surface area contributed by atoms with Crippen LogP contribution in [0.2, 0.25) is 0 Å². The number of hydrogen-bond acceptors (Lipinski definition) is 4. The molecule has 6 heteroatoms. The normalized spacial score (nSPS) is 17.5. The number of thiophene rings is 2. The summed E-state index contributed by atoms with van der Waals surface area (Å²) in [6.45, 7) is 3.34. The number of nitrogens with zero attached hydrogens (tertiary/aromatic N) is 1. The van der Waals surface area contributed by atoms with Crippen LogP contribution in [0.25, 0.3) is 0 Å². The molecule has 1 aliphatic heterocycles. The van der Waals surface area contributed by atoms with Gasteiger partial charge in [-0.05, 0) is 53.3 Å². The van der Waals surface area contributed by atoms with Crippen LogP contribution in [0.1, 0.15) is 51.5 Å². The molecule has 0 bridgehead atoms. The van der Waals surface area contributed by atoms with Crippen molar-refractivity contribution < 1.29 is 9.59 Å². The zero-order valence-corrected chi connectivity index (χ0v) is 18.7. The molecule has 1 saturated heterocycles. The summed E-state index contributed by atoms with van der Waals surface area (Å²) in [7, 11) is 0. The Labute approximate surface area is 185 Å². The fraction of sp³-hybridized carbons (Fsp3) is 0.333. The van der Waals surface area contributed by atoms with Gasteiger partial charge >= 0.3 is 0 Å². The molecular formula is C24H26N2O2S2. The summed E-state index contributed by atoms with van der Waals surface area (Å²) < 4.78 is 0. The summed E-state index contributed by atoms with van der Waals surface area (Å²) in [5, 5.41) is 7.23. The van der Waals surface area contributed by atoms with E-state index in [-0.39, 0.29) is 23.8 Å². The van der Waals surface area contributed by atoms with Gasteiger partial charge in [0.15, 0.2) is 0 Å². The molecule has 0 unspecified atom stereocenters. The van der Waals surface area contributed by atoms with Crippen LogP contribution in [0.5, 0.6) is 0 Å². The van der Waals surface area contributed by atoms with Crippen molar-refractivity contribution in [1.82, 2.24) is 10.2 Å². The van der Waals surface area contributed by atoms with Gasteiger partial charge in [0.1, 0.15) is 0 Å². The first-order chi connectivity index (χ1) is 14.7. The Morgan fingerprint density at radius 3 is 2.53 bits per heavy atom. The topological polar surface area (TPSA) is 49.4 Å². The standard InChI is InChI=1S/C24H26N2O2S2/c1-2-17-9-11-18(12-10-17)22(20-7-4-14-29-20)25-23(27)19-6-3-13-26(16-19)24(28)21-8-5-15-30-21/h4-5,7-12,14-15,19,22H,2-3,6,13,16H2,1H3,(H,25,27)/t19-,22+/m1/s1. The largest absolute Gasteiger partial charge is 0.344 e. The van der Waals surface area contributed by atoms with E-state index >= 15 is 0 Å². The van der Waals surface area contributed by atoms with Gasteiger partial charge in [-0.1, -0.05) is 43.3 Å². The molecule has 1 aromatic carbocycles. The predicted octanol–water partition coefficient (Wildman–Crippen LogP) is 5.13. The summed E-state index contributed by atoms with van der Waals surface area (Å²) in [4.78, 5) is 29.6. The zero-order valence-electron chi connectivity index (χ0n) is 17.0. The Hall–Kier alpha value is -2.44. The maximum atomic E-state index is 13.2. The van der Waals surface area contributed by atoms with Crippen LogP contribution in [0.3, 0.4) is 0 Å². The number of benzene rings is 1. The van der Waals surface area contributed by atoms with Crippen LogP contribution in [0.4, 0.5) is 0 Å². The zero-order chi connectivity index (χ0) is 20.9. The molecule has 0 saturated carbocycles. The van der Waals surface area contributed by atoms with E-state index in [4.69, 9.17) is 0 Å². The highest BCUT2D eigenvalue weighted by Gasteiger charge is 2.31. The predicted molar refractivity (Wildman–Crippen MR) is 123 cm³/mol. The highest BCUT2D eigenvalue weighted by atomic mass is 32.1. The van der Waals surface area contributed by atoms with Crippen LogP contribution in [0, 0.1) is 5.92 Å². The molecule has 4 nitrogen and oxygen atoms in total. The molecule has 2 amide bonds. The Balaban J connectivity index is 1.48. The Morgan fingerprint density at radius 1 is 1.10 bits per heavy atom. The van der Waals surface area contributed by atoms with Gasteiger partial charge in [-0.2, -0.15) is 0 Å². The number of nitrogens with one attached hydrogen (secondary N) is 1. The van der Waals surface area contributed by atoms with Crippen molar-refractivity contribution in [3.05, 3.63) is 80.2 Å². The van der Waals surface area contributed by atoms with Crippen molar-refractivity contribution in [3.63, 3.8) is 0 Å². The Morgan fingerprint density at radius 2 is 1.87 bits per heavy atom. The molecule has 30 heavy (non-hydrogen) atoms. The number of rotatable bonds is 6. The second kappa shape index (κ2) is 9.58. The van der Waals surface area contributed by atoms with Crippen molar-refractivity contribution in [2.75, 3.05) is 13.1 Å². The summed E-state index contributed by atoms with van der Waals surface area (Å²) in [5.74, 6) is -0.121. The second-order valence-electron chi connectivity index (χ2n) is 7.62. The third-order valence-electron chi connectivity index (χ3n) is 5.65. The molecule has 1 N–H and O–H groups in total. The minimum atomic E-state index is -0.181. The van der Waals surface area contributed by atoms with E-state index in [9.17, 15) is 9.59 Å². The fourth-order valence-electron chi connectivity index (χ4n) is 3.91. The van der Waals surface area contributed by atoms with E-state index in [0.717, 1.165) is 34.6 Å². The lowest BCUT2D eigenvalue weighted by atomic mass is 9.95. The number of piperidine rings is 1. The molecule has 3 aromatic rings. The summed E-state index contributed by atoms with van der Waals surface area (Å²) >= 11 is 3.10. The van der Waals surface area contributed by atoms with Crippen molar-refractivity contribution in [3.8, 4) is 0 Å². The van der Waals surface area contributed by atoms with Crippen LogP contribution in [-0.2, 0) is 11.2 Å². The van der Waals surface area contributed by atoms with Gasteiger partial charge in [0.2, 0.25) is 5.91 Å². The quantitative estimate of drug-likeness (QED) is 0.580. The second-order valence-corrected chi connectivity index (χ2v) is 9.55. The van der Waals surface area contributed by atoms with Gasteiger partial charge in [-0.15, -0.1) is 22.7 Å². The van der Waals surface area contributed by atoms with E-state index in [0.29, 0.717) is 13.1 Å². The van der Waals surface area contributed by atoms with Gasteiger partial charge in [0, 0.05) is 18.0 Å². The van der Waals surface area contributed by atoms with Crippen molar-refractivity contribution in [2.45, 2.75) is 32.2 Å². The monoisotopic (exact) mass is 438 g/mol. The van der Waals surface area contributed by atoms with Crippen molar-refractivity contribution >= 4 is 34.5 Å². The van der Waals surface area contributed by atoms with E-state index in [1.807, 2.05) is 33.9 Å². The number of carbonyl (C=O) groups excluding carboxylic acids is 2. The summed E-state index contributed by atoms with van der Waals surface area (Å²) in [5.41, 5.74) is 2.37. The third-order valence-corrected chi connectivity index (χ3v) is 7.44. The first-order valence-corrected chi connectivity index (χ1v) is 12.2. The number of aryl methyl sites for hydroxylation is 1. The van der Waals surface area contributed by atoms with E-state index in [1.165, 1.54) is 16.9 Å². The molecule has 0 aliphatic carbocycles. The smallest absolute Gasteiger partial charge is 0.263 e. The number of hydrogen-bond donors (Lipinski definition) is 1. The van der Waals surface area contributed by atoms with Gasteiger partial charge in [-0.25, -0.2) is 0 Å². The highest BCUT2D eigenvalue weighted by Crippen LogP contribution is 2.28. The van der Waals surface area contributed by atoms with E-state index < -0.39 is 0 Å². The molecule has 1 fully saturated rings. The maximum Gasteiger partial charge on any atom is 0.263 e. The number of carbonyl (C=O) groups is 2. The molecule has 2 atom stereocenters. The number of likely N-dealkylation sites (tertiary alicyclic amines) is 1. The molecule has 0 spiro atoms. The van der Waals surface area contributed by atoms with E-state index in [1.54, 1.807) is 11.3 Å². The lowest BCUT2D eigenvalue weighted by Gasteiger charge is -2.32. The molecule has 2 aromatic heterocycles. The minimum absolute atomic E-state index is 0.0247. The molecule has 0 radical (unpaired) electrons. The number of amides is 2. The van der Waals surface area contributed by atoms with Crippen LogP contribution < -0.4 is 5.32 Å². The molecule has 156 valence electrons. The lowest BCUT2D eigenvalue weighted by Crippen LogP contribution is -2.46. The SMILES string of the molecule is CCc1ccc([C@H](NC(=O)[C@@H]2CCCN(C(=O)c3cccs3)C2)c2cccs2)cc1.